The number of carbonyl (C=O) groups excluding carboxylic acids is 2. The number of hydrogen-bond acceptors (Lipinski definition) is 5. The molecule has 0 saturated carbocycles. The molecular weight excluding hydrogens is 506 g/mol. The lowest BCUT2D eigenvalue weighted by Gasteiger charge is -2.18. The van der Waals surface area contributed by atoms with Gasteiger partial charge in [-0.2, -0.15) is 0 Å². The van der Waals surface area contributed by atoms with Crippen molar-refractivity contribution in [3.05, 3.63) is 76.0 Å². The van der Waals surface area contributed by atoms with E-state index in [1.165, 1.54) is 6.26 Å². The van der Waals surface area contributed by atoms with E-state index in [4.69, 9.17) is 4.74 Å². The molecule has 4 rings (SSSR count). The Balaban J connectivity index is 0.000000416. The van der Waals surface area contributed by atoms with E-state index in [1.807, 2.05) is 0 Å². The van der Waals surface area contributed by atoms with E-state index in [1.54, 1.807) is 44.4 Å². The van der Waals surface area contributed by atoms with Crippen molar-refractivity contribution in [3.63, 3.8) is 0 Å². The first kappa shape index (κ1) is 24.0. The normalized spacial score (nSPS) is 17.6. The number of cyclic esters (lactones) is 1. The van der Waals surface area contributed by atoms with E-state index < -0.39 is 33.8 Å². The van der Waals surface area contributed by atoms with Gasteiger partial charge in [0.25, 0.3) is 0 Å². The van der Waals surface area contributed by atoms with Crippen molar-refractivity contribution < 1.29 is 32.1 Å². The van der Waals surface area contributed by atoms with Gasteiger partial charge in [-0.05, 0) is 72.3 Å². The number of benzene rings is 2. The molecule has 0 aromatic heterocycles. The Morgan fingerprint density at radius 2 is 1.81 bits per heavy atom. The molecule has 2 aromatic carbocycles. The SMILES string of the molecule is CS(=O)c1ccc(C2=C(c3cc(F)ccc3F)C(=O)C(C)(C)O2)cc1Br.O=C1CC=CO1. The van der Waals surface area contributed by atoms with E-state index in [2.05, 4.69) is 20.7 Å². The second-order valence-corrected chi connectivity index (χ2v) is 9.64. The molecule has 2 aliphatic rings. The zero-order valence-electron chi connectivity index (χ0n) is 17.4. The molecule has 0 bridgehead atoms. The van der Waals surface area contributed by atoms with Gasteiger partial charge in [0, 0.05) is 21.9 Å². The van der Waals surface area contributed by atoms with Crippen molar-refractivity contribution in [2.45, 2.75) is 30.8 Å². The van der Waals surface area contributed by atoms with Crippen molar-refractivity contribution in [2.24, 2.45) is 0 Å². The number of halogens is 3. The van der Waals surface area contributed by atoms with Gasteiger partial charge in [0.1, 0.15) is 17.4 Å². The van der Waals surface area contributed by atoms with Gasteiger partial charge >= 0.3 is 5.97 Å². The molecule has 2 heterocycles. The highest BCUT2D eigenvalue weighted by atomic mass is 79.9. The van der Waals surface area contributed by atoms with Crippen LogP contribution < -0.4 is 0 Å². The third kappa shape index (κ3) is 5.05. The van der Waals surface area contributed by atoms with Gasteiger partial charge in [0.05, 0.1) is 34.0 Å². The molecule has 32 heavy (non-hydrogen) atoms. The number of carbonyl (C=O) groups is 2. The number of rotatable bonds is 3. The molecule has 2 aromatic rings. The van der Waals surface area contributed by atoms with Crippen molar-refractivity contribution in [3.8, 4) is 0 Å². The van der Waals surface area contributed by atoms with Gasteiger partial charge in [0.2, 0.25) is 5.78 Å². The van der Waals surface area contributed by atoms with Crippen LogP contribution in [0.5, 0.6) is 0 Å². The van der Waals surface area contributed by atoms with Crippen LogP contribution in [0.15, 0.2) is 58.1 Å². The summed E-state index contributed by atoms with van der Waals surface area (Å²) in [5.74, 6) is -1.78. The van der Waals surface area contributed by atoms with Gasteiger partial charge in [-0.15, -0.1) is 0 Å². The molecule has 168 valence electrons. The van der Waals surface area contributed by atoms with Crippen LogP contribution in [0.25, 0.3) is 11.3 Å². The first-order chi connectivity index (χ1) is 15.0. The maximum atomic E-state index is 14.3. The monoisotopic (exact) mass is 524 g/mol. The van der Waals surface area contributed by atoms with Crippen LogP contribution in [-0.4, -0.2) is 27.8 Å². The fraction of sp³-hybridized carbons (Fsp3) is 0.217. The third-order valence-electron chi connectivity index (χ3n) is 4.64. The Morgan fingerprint density at radius 1 is 1.09 bits per heavy atom. The van der Waals surface area contributed by atoms with Crippen LogP contribution in [0.3, 0.4) is 0 Å². The second-order valence-electron chi connectivity index (χ2n) is 7.43. The Hall–Kier alpha value is -2.65. The van der Waals surface area contributed by atoms with E-state index in [0.717, 1.165) is 18.2 Å². The number of esters is 1. The summed E-state index contributed by atoms with van der Waals surface area (Å²) in [5.41, 5.74) is -0.856. The molecule has 1 unspecified atom stereocenters. The molecule has 1 atom stereocenters. The summed E-state index contributed by atoms with van der Waals surface area (Å²) < 4.78 is 50.4. The first-order valence-corrected chi connectivity index (χ1v) is 11.8. The largest absolute Gasteiger partial charge is 0.478 e. The summed E-state index contributed by atoms with van der Waals surface area (Å²) in [5, 5.41) is 0. The van der Waals surface area contributed by atoms with Crippen molar-refractivity contribution in [1.29, 1.82) is 0 Å². The van der Waals surface area contributed by atoms with Gasteiger partial charge < -0.3 is 9.47 Å². The number of Topliss-reactive ketones (excluding diaryl/α,β-unsaturated/α-hetero) is 1. The summed E-state index contributed by atoms with van der Waals surface area (Å²) >= 11 is 3.35. The van der Waals surface area contributed by atoms with Crippen LogP contribution in [0.1, 0.15) is 31.4 Å². The molecule has 2 aliphatic heterocycles. The van der Waals surface area contributed by atoms with Gasteiger partial charge in [-0.1, -0.05) is 0 Å². The van der Waals surface area contributed by atoms with Gasteiger partial charge in [-0.3, -0.25) is 13.8 Å². The molecule has 0 saturated heterocycles. The molecule has 0 radical (unpaired) electrons. The second kappa shape index (κ2) is 9.46. The quantitative estimate of drug-likeness (QED) is 0.518. The standard InChI is InChI=1S/C19H15BrF2O3S.C4H4O2/c1-19(2)18(23)16(12-9-11(21)5-6-14(12)22)17(25-19)10-4-7-15(26(3)24)13(20)8-10;5-4-2-1-3-6-4/h4-9H,1-3H3;1,3H,2H2. The predicted octanol–water partition coefficient (Wildman–Crippen LogP) is 5.16. The molecule has 0 aliphatic carbocycles. The van der Waals surface area contributed by atoms with Crippen LogP contribution in [-0.2, 0) is 29.9 Å². The average molecular weight is 525 g/mol. The summed E-state index contributed by atoms with van der Waals surface area (Å²) in [7, 11) is -1.20. The summed E-state index contributed by atoms with van der Waals surface area (Å²) in [6.07, 6.45) is 5.08. The van der Waals surface area contributed by atoms with E-state index in [-0.39, 0.29) is 22.9 Å². The van der Waals surface area contributed by atoms with Crippen molar-refractivity contribution >= 4 is 49.8 Å². The highest BCUT2D eigenvalue weighted by Crippen LogP contribution is 2.42. The molecule has 0 N–H and O–H groups in total. The fourth-order valence-electron chi connectivity index (χ4n) is 3.09. The molecule has 0 spiro atoms. The van der Waals surface area contributed by atoms with Crippen LogP contribution >= 0.6 is 15.9 Å². The minimum absolute atomic E-state index is 0.00993. The lowest BCUT2D eigenvalue weighted by Crippen LogP contribution is -2.29. The van der Waals surface area contributed by atoms with Crippen LogP contribution in [0.2, 0.25) is 0 Å². The lowest BCUT2D eigenvalue weighted by atomic mass is 9.92. The Morgan fingerprint density at radius 3 is 2.34 bits per heavy atom. The molecule has 5 nitrogen and oxygen atoms in total. The minimum atomic E-state index is -1.21. The Bertz CT molecular complexity index is 1180. The van der Waals surface area contributed by atoms with Crippen LogP contribution in [0, 0.1) is 11.6 Å². The number of ketones is 1. The zero-order chi connectivity index (χ0) is 23.6. The zero-order valence-corrected chi connectivity index (χ0v) is 19.8. The minimum Gasteiger partial charge on any atom is -0.478 e. The smallest absolute Gasteiger partial charge is 0.314 e. The van der Waals surface area contributed by atoms with E-state index in [9.17, 15) is 22.6 Å². The average Bonchev–Trinajstić information content (AvgIpc) is 3.29. The fourth-order valence-corrected chi connectivity index (χ4v) is 4.74. The van der Waals surface area contributed by atoms with Gasteiger partial charge in [0.15, 0.2) is 5.60 Å². The van der Waals surface area contributed by atoms with E-state index in [0.29, 0.717) is 21.4 Å². The highest BCUT2D eigenvalue weighted by Gasteiger charge is 2.43. The van der Waals surface area contributed by atoms with Crippen molar-refractivity contribution in [2.75, 3.05) is 6.26 Å². The Labute approximate surface area is 194 Å². The molecule has 9 heteroatoms. The molecular formula is C23H19BrF2O5S. The topological polar surface area (TPSA) is 69.7 Å². The summed E-state index contributed by atoms with van der Waals surface area (Å²) in [6, 6.07) is 7.89. The maximum Gasteiger partial charge on any atom is 0.314 e. The van der Waals surface area contributed by atoms with Gasteiger partial charge in [-0.25, -0.2) is 8.78 Å². The first-order valence-electron chi connectivity index (χ1n) is 9.42. The summed E-state index contributed by atoms with van der Waals surface area (Å²) in [4.78, 5) is 23.3. The summed E-state index contributed by atoms with van der Waals surface area (Å²) in [6.45, 7) is 3.15. The van der Waals surface area contributed by atoms with Crippen molar-refractivity contribution in [1.82, 2.24) is 0 Å². The van der Waals surface area contributed by atoms with E-state index >= 15 is 0 Å². The highest BCUT2D eigenvalue weighted by molar-refractivity contribution is 9.10. The predicted molar refractivity (Wildman–Crippen MR) is 120 cm³/mol. The number of hydrogen-bond donors (Lipinski definition) is 0. The number of ether oxygens (including phenoxy) is 2. The lowest BCUT2D eigenvalue weighted by molar-refractivity contribution is -0.135. The molecule has 0 fully saturated rings. The maximum absolute atomic E-state index is 14.3. The van der Waals surface area contributed by atoms with Crippen LogP contribution in [0.4, 0.5) is 8.78 Å². The molecule has 0 amide bonds. The Kier molecular flexibility index (Phi) is 7.09. The third-order valence-corrected chi connectivity index (χ3v) is 6.53.